The Morgan fingerprint density at radius 1 is 1.00 bits per heavy atom. The summed E-state index contributed by atoms with van der Waals surface area (Å²) in [4.78, 5) is 9.79. The van der Waals surface area contributed by atoms with Crippen molar-refractivity contribution in [2.24, 2.45) is 0 Å². The molecule has 0 unspecified atom stereocenters. The Hall–Kier alpha value is -0.770. The van der Waals surface area contributed by atoms with E-state index in [9.17, 15) is 0 Å². The molecule has 0 radical (unpaired) electrons. The Balaban J connectivity index is 0.00000121. The monoisotopic (exact) mass is 189 g/mol. The van der Waals surface area contributed by atoms with Gasteiger partial charge in [0.05, 0.1) is 19.9 Å². The van der Waals surface area contributed by atoms with Crippen molar-refractivity contribution in [3.05, 3.63) is 30.3 Å². The van der Waals surface area contributed by atoms with E-state index in [2.05, 4.69) is 0 Å². The molecular weight excluding hydrogens is 178 g/mol. The zero-order chi connectivity index (χ0) is 8.10. The van der Waals surface area contributed by atoms with E-state index in [4.69, 9.17) is 9.68 Å². The van der Waals surface area contributed by atoms with Crippen LogP contribution in [0.15, 0.2) is 30.3 Å². The molecule has 68 valence electrons. The number of rotatable bonds is 3. The van der Waals surface area contributed by atoms with Gasteiger partial charge in [-0.25, -0.2) is 0 Å². The van der Waals surface area contributed by atoms with Gasteiger partial charge < -0.3 is 0 Å². The maximum absolute atomic E-state index is 4.90. The van der Waals surface area contributed by atoms with Crippen molar-refractivity contribution < 1.29 is 9.68 Å². The molecule has 1 aromatic carbocycles. The third-order valence-electron chi connectivity index (χ3n) is 1.30. The molecule has 1 rings (SSSR count). The van der Waals surface area contributed by atoms with Crippen LogP contribution in [0.4, 0.5) is 5.69 Å². The smallest absolute Gasteiger partial charge is 0.0947 e. The van der Waals surface area contributed by atoms with Crippen LogP contribution in [0.1, 0.15) is 0 Å². The fourth-order valence-corrected chi connectivity index (χ4v) is 0.835. The predicted octanol–water partition coefficient (Wildman–Crippen LogP) is 2.04. The average Bonchev–Trinajstić information content (AvgIpc) is 2.09. The van der Waals surface area contributed by atoms with Crippen LogP contribution in [0.25, 0.3) is 0 Å². The molecule has 12 heavy (non-hydrogen) atoms. The summed E-state index contributed by atoms with van der Waals surface area (Å²) in [7, 11) is 3.10. The standard InChI is InChI=1S/C8H11NO2.ClH/c1-10-9(11-2)8-6-4-3-5-7-8;/h3-7H,1-2H3;1H. The lowest BCUT2D eigenvalue weighted by molar-refractivity contribution is -0.0433. The van der Waals surface area contributed by atoms with Crippen molar-refractivity contribution in [1.82, 2.24) is 0 Å². The van der Waals surface area contributed by atoms with E-state index >= 15 is 0 Å². The Kier molecular flexibility index (Phi) is 5.45. The van der Waals surface area contributed by atoms with Gasteiger partial charge in [0, 0.05) is 0 Å². The van der Waals surface area contributed by atoms with Gasteiger partial charge in [0.25, 0.3) is 0 Å². The maximum Gasteiger partial charge on any atom is 0.0947 e. The van der Waals surface area contributed by atoms with Crippen LogP contribution in [0.3, 0.4) is 0 Å². The minimum atomic E-state index is 0. The first-order valence-corrected chi connectivity index (χ1v) is 3.32. The third-order valence-corrected chi connectivity index (χ3v) is 1.30. The molecule has 4 heteroatoms. The lowest BCUT2D eigenvalue weighted by Crippen LogP contribution is -2.19. The number of benzene rings is 1. The summed E-state index contributed by atoms with van der Waals surface area (Å²) >= 11 is 0. The molecule has 0 aliphatic carbocycles. The Bertz CT molecular complexity index is 201. The molecule has 1 aromatic rings. The van der Waals surface area contributed by atoms with Gasteiger partial charge in [-0.1, -0.05) is 18.2 Å². The fraction of sp³-hybridized carbons (Fsp3) is 0.250. The molecule has 0 fully saturated rings. The molecule has 0 bridgehead atoms. The summed E-state index contributed by atoms with van der Waals surface area (Å²) in [6.45, 7) is 0. The minimum Gasteiger partial charge on any atom is -0.252 e. The van der Waals surface area contributed by atoms with Crippen molar-refractivity contribution >= 4 is 18.1 Å². The molecular formula is C8H12ClNO2. The number of hydrogen-bond donors (Lipinski definition) is 0. The molecule has 0 aliphatic rings. The average molecular weight is 190 g/mol. The van der Waals surface area contributed by atoms with Crippen molar-refractivity contribution in [1.29, 1.82) is 0 Å². The molecule has 0 saturated heterocycles. The van der Waals surface area contributed by atoms with Gasteiger partial charge in [0.2, 0.25) is 0 Å². The predicted molar refractivity (Wildman–Crippen MR) is 50.2 cm³/mol. The SMILES string of the molecule is CON(OC)c1ccccc1.Cl. The van der Waals surface area contributed by atoms with Crippen molar-refractivity contribution in [3.63, 3.8) is 0 Å². The Morgan fingerprint density at radius 2 is 1.50 bits per heavy atom. The van der Waals surface area contributed by atoms with Crippen LogP contribution in [0, 0.1) is 0 Å². The van der Waals surface area contributed by atoms with Gasteiger partial charge >= 0.3 is 0 Å². The molecule has 0 spiro atoms. The number of hydrogen-bond acceptors (Lipinski definition) is 3. The highest BCUT2D eigenvalue weighted by molar-refractivity contribution is 5.85. The molecule has 0 aromatic heterocycles. The third kappa shape index (κ3) is 2.70. The van der Waals surface area contributed by atoms with E-state index < -0.39 is 0 Å². The van der Waals surface area contributed by atoms with E-state index in [1.54, 1.807) is 14.2 Å². The van der Waals surface area contributed by atoms with Crippen molar-refractivity contribution in [3.8, 4) is 0 Å². The van der Waals surface area contributed by atoms with Crippen LogP contribution < -0.4 is 5.23 Å². The summed E-state index contributed by atoms with van der Waals surface area (Å²) in [5, 5.41) is 1.33. The topological polar surface area (TPSA) is 21.7 Å². The van der Waals surface area contributed by atoms with Crippen LogP contribution >= 0.6 is 12.4 Å². The highest BCUT2D eigenvalue weighted by atomic mass is 35.5. The van der Waals surface area contributed by atoms with Gasteiger partial charge in [-0.05, 0) is 12.1 Å². The molecule has 0 heterocycles. The zero-order valence-corrected chi connectivity index (χ0v) is 7.88. The summed E-state index contributed by atoms with van der Waals surface area (Å²) in [5.74, 6) is 0. The molecule has 0 N–H and O–H groups in total. The Morgan fingerprint density at radius 3 is 1.92 bits per heavy atom. The summed E-state index contributed by atoms with van der Waals surface area (Å²) in [6.07, 6.45) is 0. The summed E-state index contributed by atoms with van der Waals surface area (Å²) in [6, 6.07) is 9.56. The van der Waals surface area contributed by atoms with Gasteiger partial charge in [0.15, 0.2) is 0 Å². The molecule has 0 aliphatic heterocycles. The number of anilines is 1. The van der Waals surface area contributed by atoms with E-state index in [1.807, 2.05) is 30.3 Å². The second kappa shape index (κ2) is 5.83. The van der Waals surface area contributed by atoms with Crippen LogP contribution in [0.5, 0.6) is 0 Å². The Labute approximate surface area is 78.2 Å². The highest BCUT2D eigenvalue weighted by Gasteiger charge is 2.00. The summed E-state index contributed by atoms with van der Waals surface area (Å²) in [5.41, 5.74) is 0.873. The van der Waals surface area contributed by atoms with E-state index in [-0.39, 0.29) is 12.4 Å². The van der Waals surface area contributed by atoms with E-state index in [0.29, 0.717) is 0 Å². The van der Waals surface area contributed by atoms with Crippen LogP contribution in [-0.4, -0.2) is 14.2 Å². The van der Waals surface area contributed by atoms with Gasteiger partial charge in [-0.2, -0.15) is 0 Å². The quantitative estimate of drug-likeness (QED) is 0.680. The number of nitrogens with zero attached hydrogens (tertiary/aromatic N) is 1. The number of para-hydroxylation sites is 1. The van der Waals surface area contributed by atoms with E-state index in [0.717, 1.165) is 5.69 Å². The molecule has 0 atom stereocenters. The maximum atomic E-state index is 4.90. The van der Waals surface area contributed by atoms with Crippen molar-refractivity contribution in [2.75, 3.05) is 19.4 Å². The lowest BCUT2D eigenvalue weighted by atomic mass is 10.3. The molecule has 0 saturated carbocycles. The first-order chi connectivity index (χ1) is 5.38. The molecule has 0 amide bonds. The van der Waals surface area contributed by atoms with E-state index in [1.165, 1.54) is 5.23 Å². The second-order valence-electron chi connectivity index (χ2n) is 1.96. The highest BCUT2D eigenvalue weighted by Crippen LogP contribution is 2.11. The molecule has 3 nitrogen and oxygen atoms in total. The second-order valence-corrected chi connectivity index (χ2v) is 1.96. The van der Waals surface area contributed by atoms with Gasteiger partial charge in [-0.3, -0.25) is 9.68 Å². The fourth-order valence-electron chi connectivity index (χ4n) is 0.835. The van der Waals surface area contributed by atoms with Crippen LogP contribution in [0.2, 0.25) is 0 Å². The number of halogens is 1. The first kappa shape index (κ1) is 11.2. The zero-order valence-electron chi connectivity index (χ0n) is 7.06. The lowest BCUT2D eigenvalue weighted by Gasteiger charge is -2.17. The van der Waals surface area contributed by atoms with Gasteiger partial charge in [0.1, 0.15) is 0 Å². The van der Waals surface area contributed by atoms with Crippen LogP contribution in [-0.2, 0) is 9.68 Å². The summed E-state index contributed by atoms with van der Waals surface area (Å²) < 4.78 is 0. The minimum absolute atomic E-state index is 0. The largest absolute Gasteiger partial charge is 0.252 e. The first-order valence-electron chi connectivity index (χ1n) is 3.32. The van der Waals surface area contributed by atoms with Gasteiger partial charge in [-0.15, -0.1) is 17.6 Å². The van der Waals surface area contributed by atoms with Crippen molar-refractivity contribution in [2.45, 2.75) is 0 Å². The normalized spacial score (nSPS) is 8.83.